The summed E-state index contributed by atoms with van der Waals surface area (Å²) in [6.45, 7) is 7.15. The van der Waals surface area contributed by atoms with Crippen molar-refractivity contribution in [2.75, 3.05) is 13.7 Å². The van der Waals surface area contributed by atoms with Gasteiger partial charge in [-0.15, -0.1) is 0 Å². The van der Waals surface area contributed by atoms with E-state index in [-0.39, 0.29) is 5.56 Å². The Labute approximate surface area is 175 Å². The number of rotatable bonds is 7. The molecule has 3 aromatic heterocycles. The van der Waals surface area contributed by atoms with E-state index in [4.69, 9.17) is 9.47 Å². The summed E-state index contributed by atoms with van der Waals surface area (Å²) in [5, 5.41) is 0. The fourth-order valence-electron chi connectivity index (χ4n) is 3.87. The summed E-state index contributed by atoms with van der Waals surface area (Å²) < 4.78 is 13.0. The number of nitrogens with zero attached hydrogens (tertiary/aromatic N) is 4. The number of aryl methyl sites for hydroxylation is 2. The highest BCUT2D eigenvalue weighted by Gasteiger charge is 2.49. The van der Waals surface area contributed by atoms with Gasteiger partial charge in [-0.3, -0.25) is 9.78 Å². The van der Waals surface area contributed by atoms with Crippen molar-refractivity contribution < 1.29 is 9.47 Å². The van der Waals surface area contributed by atoms with Crippen LogP contribution < -0.4 is 15.0 Å². The third kappa shape index (κ3) is 3.92. The largest absolute Gasteiger partial charge is 0.495 e. The van der Waals surface area contributed by atoms with Crippen LogP contribution in [0.25, 0.3) is 11.1 Å². The van der Waals surface area contributed by atoms with Crippen molar-refractivity contribution >= 4 is 0 Å². The van der Waals surface area contributed by atoms with Gasteiger partial charge in [0.1, 0.15) is 11.6 Å². The summed E-state index contributed by atoms with van der Waals surface area (Å²) in [6.07, 6.45) is 5.34. The zero-order chi connectivity index (χ0) is 21.3. The first-order valence-electron chi connectivity index (χ1n) is 10.2. The second-order valence-electron chi connectivity index (χ2n) is 7.66. The zero-order valence-electron chi connectivity index (χ0n) is 17.7. The Morgan fingerprint density at radius 1 is 1.13 bits per heavy atom. The van der Waals surface area contributed by atoms with Crippen LogP contribution in [0.15, 0.2) is 47.7 Å². The molecule has 7 heteroatoms. The van der Waals surface area contributed by atoms with Crippen molar-refractivity contribution in [2.24, 2.45) is 11.8 Å². The van der Waals surface area contributed by atoms with Gasteiger partial charge in [0.25, 0.3) is 5.56 Å². The van der Waals surface area contributed by atoms with Crippen LogP contribution in [0.2, 0.25) is 0 Å². The maximum absolute atomic E-state index is 11.9. The third-order valence-corrected chi connectivity index (χ3v) is 5.82. The zero-order valence-corrected chi connectivity index (χ0v) is 17.7. The Morgan fingerprint density at radius 3 is 2.67 bits per heavy atom. The van der Waals surface area contributed by atoms with E-state index in [9.17, 15) is 4.79 Å². The van der Waals surface area contributed by atoms with Gasteiger partial charge in [-0.2, -0.15) is 4.98 Å². The number of pyridine rings is 2. The van der Waals surface area contributed by atoms with Crippen LogP contribution in [0.3, 0.4) is 0 Å². The standard InChI is InChI=1S/C23H26N4O3/c1-5-27-12-16(6-9-21(27)28)18-11-24-15(3)26-23(18)30-13-19-14(2)22(19)20-8-7-17(29-4)10-25-20/h6-12,14,19,22H,5,13H2,1-4H3. The lowest BCUT2D eigenvalue weighted by molar-refractivity contribution is 0.280. The molecular weight excluding hydrogens is 380 g/mol. The minimum atomic E-state index is -0.0293. The smallest absolute Gasteiger partial charge is 0.250 e. The molecule has 0 aliphatic heterocycles. The van der Waals surface area contributed by atoms with Crippen LogP contribution >= 0.6 is 0 Å². The molecule has 0 radical (unpaired) electrons. The van der Waals surface area contributed by atoms with Gasteiger partial charge >= 0.3 is 0 Å². The summed E-state index contributed by atoms with van der Waals surface area (Å²) >= 11 is 0. The molecule has 3 atom stereocenters. The maximum atomic E-state index is 11.9. The molecule has 156 valence electrons. The molecule has 30 heavy (non-hydrogen) atoms. The van der Waals surface area contributed by atoms with Gasteiger partial charge in [-0.1, -0.05) is 6.92 Å². The number of methoxy groups -OCH3 is 1. The first-order valence-corrected chi connectivity index (χ1v) is 10.2. The van der Waals surface area contributed by atoms with Gasteiger partial charge in [0.15, 0.2) is 0 Å². The van der Waals surface area contributed by atoms with Crippen molar-refractivity contribution in [2.45, 2.75) is 33.2 Å². The van der Waals surface area contributed by atoms with E-state index in [1.54, 1.807) is 36.2 Å². The highest BCUT2D eigenvalue weighted by atomic mass is 16.5. The summed E-state index contributed by atoms with van der Waals surface area (Å²) in [7, 11) is 1.64. The Morgan fingerprint density at radius 2 is 1.97 bits per heavy atom. The fraction of sp³-hybridized carbons (Fsp3) is 0.391. The Balaban J connectivity index is 1.52. The average Bonchev–Trinajstić information content (AvgIpc) is 3.42. The number of hydrogen-bond donors (Lipinski definition) is 0. The van der Waals surface area contributed by atoms with E-state index in [0.29, 0.717) is 42.6 Å². The minimum Gasteiger partial charge on any atom is -0.495 e. The molecule has 0 amide bonds. The topological polar surface area (TPSA) is 79.1 Å². The van der Waals surface area contributed by atoms with E-state index in [1.165, 1.54) is 0 Å². The van der Waals surface area contributed by atoms with Crippen LogP contribution in [-0.4, -0.2) is 33.2 Å². The summed E-state index contributed by atoms with van der Waals surface area (Å²) in [6, 6.07) is 7.32. The average molecular weight is 406 g/mol. The van der Waals surface area contributed by atoms with E-state index < -0.39 is 0 Å². The molecular formula is C23H26N4O3. The van der Waals surface area contributed by atoms with Crippen molar-refractivity contribution in [3.63, 3.8) is 0 Å². The van der Waals surface area contributed by atoms with Crippen LogP contribution in [0.5, 0.6) is 11.6 Å². The molecule has 1 aliphatic rings. The quantitative estimate of drug-likeness (QED) is 0.598. The number of hydrogen-bond acceptors (Lipinski definition) is 6. The number of aromatic nitrogens is 4. The van der Waals surface area contributed by atoms with Gasteiger partial charge in [0, 0.05) is 48.1 Å². The predicted octanol–water partition coefficient (Wildman–Crippen LogP) is 3.47. The monoisotopic (exact) mass is 406 g/mol. The first-order chi connectivity index (χ1) is 14.5. The molecule has 0 aromatic carbocycles. The molecule has 0 bridgehead atoms. The van der Waals surface area contributed by atoms with Gasteiger partial charge < -0.3 is 14.0 Å². The van der Waals surface area contributed by atoms with Gasteiger partial charge in [0.05, 0.1) is 25.5 Å². The van der Waals surface area contributed by atoms with Gasteiger partial charge in [-0.25, -0.2) is 4.98 Å². The van der Waals surface area contributed by atoms with Crippen molar-refractivity contribution in [3.05, 3.63) is 64.7 Å². The van der Waals surface area contributed by atoms with E-state index >= 15 is 0 Å². The Kier molecular flexibility index (Phi) is 5.53. The molecule has 7 nitrogen and oxygen atoms in total. The fourth-order valence-corrected chi connectivity index (χ4v) is 3.87. The van der Waals surface area contributed by atoms with Crippen LogP contribution in [-0.2, 0) is 6.54 Å². The van der Waals surface area contributed by atoms with E-state index in [2.05, 4.69) is 21.9 Å². The second kappa shape index (κ2) is 8.26. The molecule has 3 unspecified atom stereocenters. The predicted molar refractivity (Wildman–Crippen MR) is 114 cm³/mol. The van der Waals surface area contributed by atoms with Crippen molar-refractivity contribution in [1.29, 1.82) is 0 Å². The van der Waals surface area contributed by atoms with E-state index in [1.807, 2.05) is 32.2 Å². The lowest BCUT2D eigenvalue weighted by Crippen LogP contribution is -2.17. The summed E-state index contributed by atoms with van der Waals surface area (Å²) in [4.78, 5) is 25.3. The number of ether oxygens (including phenoxy) is 2. The maximum Gasteiger partial charge on any atom is 0.250 e. The normalized spacial score (nSPS) is 20.1. The molecule has 1 saturated carbocycles. The SMILES string of the molecule is CCn1cc(-c2cnc(C)nc2OCC2C(C)C2c2ccc(OC)cn2)ccc1=O. The van der Waals surface area contributed by atoms with Gasteiger partial charge in [-0.05, 0) is 38.0 Å². The van der Waals surface area contributed by atoms with Crippen LogP contribution in [0.1, 0.15) is 31.3 Å². The second-order valence-corrected chi connectivity index (χ2v) is 7.66. The minimum absolute atomic E-state index is 0.0293. The Bertz CT molecular complexity index is 1090. The van der Waals surface area contributed by atoms with Gasteiger partial charge in [0.2, 0.25) is 5.88 Å². The highest BCUT2D eigenvalue weighted by Crippen LogP contribution is 2.53. The molecule has 4 rings (SSSR count). The lowest BCUT2D eigenvalue weighted by Gasteiger charge is -2.12. The van der Waals surface area contributed by atoms with Crippen molar-refractivity contribution in [1.82, 2.24) is 19.5 Å². The highest BCUT2D eigenvalue weighted by molar-refractivity contribution is 5.66. The Hall–Kier alpha value is -3.22. The van der Waals surface area contributed by atoms with E-state index in [0.717, 1.165) is 22.6 Å². The molecule has 1 fully saturated rings. The first kappa shape index (κ1) is 20.1. The molecule has 3 heterocycles. The third-order valence-electron chi connectivity index (χ3n) is 5.82. The molecule has 1 aliphatic carbocycles. The van der Waals surface area contributed by atoms with Crippen molar-refractivity contribution in [3.8, 4) is 22.8 Å². The molecule has 3 aromatic rings. The summed E-state index contributed by atoms with van der Waals surface area (Å²) in [5.74, 6) is 3.18. The summed E-state index contributed by atoms with van der Waals surface area (Å²) in [5.41, 5.74) is 2.68. The molecule has 0 saturated heterocycles. The van der Waals surface area contributed by atoms with Crippen LogP contribution in [0, 0.1) is 18.8 Å². The molecule has 0 spiro atoms. The lowest BCUT2D eigenvalue weighted by atomic mass is 10.1. The molecule has 0 N–H and O–H groups in total. The van der Waals surface area contributed by atoms with Crippen LogP contribution in [0.4, 0.5) is 0 Å².